The zero-order chi connectivity index (χ0) is 36.2. The first-order chi connectivity index (χ1) is 26.6. The fraction of sp³-hybridized carbons (Fsp3) is 0.0377. The molecule has 0 unspecified atom stereocenters. The minimum atomic E-state index is 0.982. The first-order valence-electron chi connectivity index (χ1n) is 18.7. The smallest absolute Gasteiger partial charge is 0.0714 e. The molecule has 1 nitrogen and oxygen atoms in total. The van der Waals surface area contributed by atoms with Gasteiger partial charge in [0.05, 0.1) is 5.69 Å². The number of aryl methyl sites for hydroxylation is 2. The highest BCUT2D eigenvalue weighted by molar-refractivity contribution is 6.23. The van der Waals surface area contributed by atoms with Gasteiger partial charge in [0.2, 0.25) is 0 Å². The van der Waals surface area contributed by atoms with E-state index < -0.39 is 0 Å². The second-order valence-electron chi connectivity index (χ2n) is 14.4. The van der Waals surface area contributed by atoms with E-state index in [2.05, 4.69) is 190 Å². The molecule has 0 aliphatic carbocycles. The summed E-state index contributed by atoms with van der Waals surface area (Å²) in [6.07, 6.45) is 1.89. The van der Waals surface area contributed by atoms with Crippen LogP contribution < -0.4 is 0 Å². The minimum absolute atomic E-state index is 0.982. The average Bonchev–Trinajstić information content (AvgIpc) is 3.22. The van der Waals surface area contributed by atoms with Crippen LogP contribution in [0.4, 0.5) is 0 Å². The molecule has 1 heteroatoms. The van der Waals surface area contributed by atoms with E-state index in [1.807, 2.05) is 12.3 Å². The van der Waals surface area contributed by atoms with Crippen LogP contribution in [0.15, 0.2) is 188 Å². The van der Waals surface area contributed by atoms with Gasteiger partial charge in [-0.25, -0.2) is 0 Å². The first-order valence-corrected chi connectivity index (χ1v) is 18.7. The highest BCUT2D eigenvalue weighted by Crippen LogP contribution is 2.47. The molecule has 0 amide bonds. The van der Waals surface area contributed by atoms with Crippen LogP contribution in [-0.2, 0) is 0 Å². The number of nitrogens with zero attached hydrogens (tertiary/aromatic N) is 1. The van der Waals surface area contributed by atoms with Gasteiger partial charge in [0.15, 0.2) is 0 Å². The summed E-state index contributed by atoms with van der Waals surface area (Å²) < 4.78 is 0. The van der Waals surface area contributed by atoms with Crippen LogP contribution in [0.25, 0.3) is 98.9 Å². The molecule has 10 rings (SSSR count). The number of aromatic nitrogens is 1. The van der Waals surface area contributed by atoms with Crippen molar-refractivity contribution in [1.29, 1.82) is 0 Å². The van der Waals surface area contributed by atoms with Gasteiger partial charge >= 0.3 is 0 Å². The van der Waals surface area contributed by atoms with Crippen LogP contribution in [0, 0.1) is 13.8 Å². The quantitative estimate of drug-likeness (QED) is 0.164. The predicted octanol–water partition coefficient (Wildman–Crippen LogP) is 14.6. The van der Waals surface area contributed by atoms with Gasteiger partial charge in [-0.05, 0) is 126 Å². The molecule has 0 radical (unpaired) electrons. The van der Waals surface area contributed by atoms with Crippen LogP contribution in [0.1, 0.15) is 11.1 Å². The Morgan fingerprint density at radius 1 is 0.278 bits per heavy atom. The van der Waals surface area contributed by atoms with Gasteiger partial charge in [-0.2, -0.15) is 0 Å². The Morgan fingerprint density at radius 3 is 1.22 bits per heavy atom. The lowest BCUT2D eigenvalue weighted by Gasteiger charge is -2.20. The van der Waals surface area contributed by atoms with Gasteiger partial charge in [0.1, 0.15) is 0 Å². The molecule has 1 aromatic heterocycles. The van der Waals surface area contributed by atoms with Crippen LogP contribution >= 0.6 is 0 Å². The lowest BCUT2D eigenvalue weighted by Crippen LogP contribution is -1.94. The Kier molecular flexibility index (Phi) is 7.66. The standard InChI is InChI=1S/C53H37N/c1-34-14-12-18-39(30-34)51-41-20-6-7-21-42(41)52(40-19-13-15-35(2)31-40)47-32-37(25-27-45(47)51)38-26-28-46-48(33-38)50(36-16-4-3-5-17-36)43-22-8-9-23-44(43)53(46)49-24-10-11-29-54-49/h3-33H,1-2H3. The molecule has 0 fully saturated rings. The van der Waals surface area contributed by atoms with E-state index in [1.54, 1.807) is 0 Å². The van der Waals surface area contributed by atoms with Crippen LogP contribution in [0.2, 0.25) is 0 Å². The monoisotopic (exact) mass is 687 g/mol. The third-order valence-corrected chi connectivity index (χ3v) is 11.0. The Bertz CT molecular complexity index is 3050. The van der Waals surface area contributed by atoms with Crippen LogP contribution in [0.5, 0.6) is 0 Å². The van der Waals surface area contributed by atoms with Crippen LogP contribution in [-0.4, -0.2) is 4.98 Å². The molecule has 254 valence electrons. The van der Waals surface area contributed by atoms with Crippen molar-refractivity contribution in [2.75, 3.05) is 0 Å². The molecular weight excluding hydrogens is 651 g/mol. The number of hydrogen-bond donors (Lipinski definition) is 0. The Hall–Kier alpha value is -6.83. The molecule has 0 saturated carbocycles. The summed E-state index contributed by atoms with van der Waals surface area (Å²) in [5, 5.41) is 9.90. The molecule has 0 spiro atoms. The van der Waals surface area contributed by atoms with Gasteiger partial charge < -0.3 is 0 Å². The van der Waals surface area contributed by atoms with Crippen molar-refractivity contribution in [1.82, 2.24) is 4.98 Å². The van der Waals surface area contributed by atoms with Crippen molar-refractivity contribution in [2.24, 2.45) is 0 Å². The Morgan fingerprint density at radius 2 is 0.704 bits per heavy atom. The molecule has 0 atom stereocenters. The second kappa shape index (κ2) is 13.0. The highest BCUT2D eigenvalue weighted by Gasteiger charge is 2.20. The summed E-state index contributed by atoms with van der Waals surface area (Å²) in [5.41, 5.74) is 14.5. The van der Waals surface area contributed by atoms with E-state index in [4.69, 9.17) is 4.98 Å². The fourth-order valence-corrected chi connectivity index (χ4v) is 8.64. The van der Waals surface area contributed by atoms with Crippen molar-refractivity contribution in [3.05, 3.63) is 199 Å². The lowest BCUT2D eigenvalue weighted by atomic mass is 9.83. The summed E-state index contributed by atoms with van der Waals surface area (Å²) in [5.74, 6) is 0. The molecule has 1 heterocycles. The lowest BCUT2D eigenvalue weighted by molar-refractivity contribution is 1.34. The van der Waals surface area contributed by atoms with E-state index in [-0.39, 0.29) is 0 Å². The highest BCUT2D eigenvalue weighted by atomic mass is 14.7. The number of hydrogen-bond acceptors (Lipinski definition) is 1. The predicted molar refractivity (Wildman–Crippen MR) is 231 cm³/mol. The molecular formula is C53H37N. The largest absolute Gasteiger partial charge is 0.256 e. The van der Waals surface area contributed by atoms with Crippen molar-refractivity contribution in [3.8, 4) is 55.8 Å². The van der Waals surface area contributed by atoms with E-state index in [9.17, 15) is 0 Å². The number of rotatable bonds is 5. The SMILES string of the molecule is Cc1cccc(-c2c3ccccc3c(-c3cccc(C)c3)c3cc(-c4ccc5c(-c6ccccn6)c6ccccc6c(-c6ccccc6)c5c4)ccc23)c1. The molecule has 0 saturated heterocycles. The number of pyridine rings is 1. The molecule has 0 aliphatic heterocycles. The zero-order valence-corrected chi connectivity index (χ0v) is 30.3. The Labute approximate surface area is 315 Å². The third-order valence-electron chi connectivity index (χ3n) is 11.0. The minimum Gasteiger partial charge on any atom is -0.256 e. The van der Waals surface area contributed by atoms with Gasteiger partial charge in [-0.15, -0.1) is 0 Å². The van der Waals surface area contributed by atoms with Gasteiger partial charge in [0, 0.05) is 11.8 Å². The maximum Gasteiger partial charge on any atom is 0.0714 e. The normalized spacial score (nSPS) is 11.5. The zero-order valence-electron chi connectivity index (χ0n) is 30.3. The fourth-order valence-electron chi connectivity index (χ4n) is 8.64. The topological polar surface area (TPSA) is 12.9 Å². The molecule has 10 aromatic rings. The van der Waals surface area contributed by atoms with Crippen molar-refractivity contribution < 1.29 is 0 Å². The van der Waals surface area contributed by atoms with Gasteiger partial charge in [-0.1, -0.05) is 169 Å². The summed E-state index contributed by atoms with van der Waals surface area (Å²) in [6, 6.07) is 66.8. The van der Waals surface area contributed by atoms with Gasteiger partial charge in [-0.3, -0.25) is 4.98 Å². The van der Waals surface area contributed by atoms with E-state index >= 15 is 0 Å². The van der Waals surface area contributed by atoms with E-state index in [1.165, 1.54) is 104 Å². The van der Waals surface area contributed by atoms with E-state index in [0.29, 0.717) is 0 Å². The summed E-state index contributed by atoms with van der Waals surface area (Å²) in [6.45, 7) is 4.36. The second-order valence-corrected chi connectivity index (χ2v) is 14.4. The molecule has 0 aliphatic rings. The molecule has 54 heavy (non-hydrogen) atoms. The maximum absolute atomic E-state index is 4.87. The van der Waals surface area contributed by atoms with Crippen molar-refractivity contribution in [3.63, 3.8) is 0 Å². The van der Waals surface area contributed by atoms with Crippen LogP contribution in [0.3, 0.4) is 0 Å². The Balaban J connectivity index is 1.30. The first kappa shape index (κ1) is 31.9. The molecule has 9 aromatic carbocycles. The molecule has 0 N–H and O–H groups in total. The molecule has 0 bridgehead atoms. The summed E-state index contributed by atoms with van der Waals surface area (Å²) in [4.78, 5) is 4.87. The van der Waals surface area contributed by atoms with E-state index in [0.717, 1.165) is 5.69 Å². The summed E-state index contributed by atoms with van der Waals surface area (Å²) in [7, 11) is 0. The van der Waals surface area contributed by atoms with Gasteiger partial charge in [0.25, 0.3) is 0 Å². The maximum atomic E-state index is 4.87. The number of benzene rings is 9. The summed E-state index contributed by atoms with van der Waals surface area (Å²) >= 11 is 0. The van der Waals surface area contributed by atoms with Crippen molar-refractivity contribution in [2.45, 2.75) is 13.8 Å². The number of fused-ring (bicyclic) bond motifs is 4. The average molecular weight is 688 g/mol. The van der Waals surface area contributed by atoms with Crippen molar-refractivity contribution >= 4 is 43.1 Å². The third kappa shape index (κ3) is 5.28.